The van der Waals surface area contributed by atoms with Crippen molar-refractivity contribution in [3.05, 3.63) is 18.2 Å². The average Bonchev–Trinajstić information content (AvgIpc) is 2.17. The number of nitrogens with one attached hydrogen (secondary N) is 1. The van der Waals surface area contributed by atoms with Crippen LogP contribution in [0.4, 0.5) is 5.69 Å². The normalized spacial score (nSPS) is 9.36. The maximum absolute atomic E-state index is 10.8. The van der Waals surface area contributed by atoms with Crippen LogP contribution in [0.15, 0.2) is 18.2 Å². The highest BCUT2D eigenvalue weighted by Gasteiger charge is 2.05. The molecule has 0 radical (unpaired) electrons. The van der Waals surface area contributed by atoms with E-state index in [0.717, 1.165) is 0 Å². The highest BCUT2D eigenvalue weighted by Crippen LogP contribution is 2.28. The number of benzene rings is 1. The summed E-state index contributed by atoms with van der Waals surface area (Å²) in [4.78, 5) is 10.8. The fraction of sp³-hybridized carbons (Fsp3) is 0.300. The lowest BCUT2D eigenvalue weighted by molar-refractivity contribution is -0.114. The first kappa shape index (κ1) is 10.4. The van der Waals surface area contributed by atoms with Crippen LogP contribution in [-0.4, -0.2) is 20.1 Å². The lowest BCUT2D eigenvalue weighted by Gasteiger charge is -2.09. The second kappa shape index (κ2) is 4.50. The molecule has 1 amide bonds. The summed E-state index contributed by atoms with van der Waals surface area (Å²) in [6.45, 7) is 1.45. The van der Waals surface area contributed by atoms with Crippen LogP contribution in [0.3, 0.4) is 0 Å². The van der Waals surface area contributed by atoms with Crippen molar-refractivity contribution in [2.45, 2.75) is 6.92 Å². The van der Waals surface area contributed by atoms with Crippen molar-refractivity contribution in [1.29, 1.82) is 0 Å². The Morgan fingerprint density at radius 1 is 1.29 bits per heavy atom. The van der Waals surface area contributed by atoms with Crippen LogP contribution < -0.4 is 14.8 Å². The molecule has 4 nitrogen and oxygen atoms in total. The smallest absolute Gasteiger partial charge is 0.221 e. The van der Waals surface area contributed by atoms with Gasteiger partial charge in [0.2, 0.25) is 5.91 Å². The molecule has 0 aliphatic heterocycles. The van der Waals surface area contributed by atoms with Gasteiger partial charge in [0.15, 0.2) is 0 Å². The first-order valence-electron chi connectivity index (χ1n) is 4.17. The summed E-state index contributed by atoms with van der Waals surface area (Å²) in [5.41, 5.74) is 0.640. The standard InChI is InChI=1S/C10H13NO3/c1-7(12)11-9-5-4-8(13-2)6-10(9)14-3/h4-6H,1-3H3,(H,11,12). The van der Waals surface area contributed by atoms with Crippen LogP contribution in [0, 0.1) is 0 Å². The molecule has 76 valence electrons. The Morgan fingerprint density at radius 2 is 2.00 bits per heavy atom. The van der Waals surface area contributed by atoms with Gasteiger partial charge in [-0.05, 0) is 12.1 Å². The number of rotatable bonds is 3. The number of carbonyl (C=O) groups is 1. The quantitative estimate of drug-likeness (QED) is 0.797. The highest BCUT2D eigenvalue weighted by molar-refractivity contribution is 5.90. The van der Waals surface area contributed by atoms with Gasteiger partial charge in [-0.3, -0.25) is 4.79 Å². The van der Waals surface area contributed by atoms with E-state index in [1.807, 2.05) is 0 Å². The number of hydrogen-bond donors (Lipinski definition) is 1. The summed E-state index contributed by atoms with van der Waals surface area (Å²) < 4.78 is 10.1. The van der Waals surface area contributed by atoms with Gasteiger partial charge >= 0.3 is 0 Å². The minimum absolute atomic E-state index is 0.131. The monoisotopic (exact) mass is 195 g/mol. The van der Waals surface area contributed by atoms with Crippen molar-refractivity contribution in [3.63, 3.8) is 0 Å². The first-order chi connectivity index (χ1) is 6.67. The number of carbonyl (C=O) groups excluding carboxylic acids is 1. The molecule has 0 bridgehead atoms. The number of methoxy groups -OCH3 is 2. The Morgan fingerprint density at radius 3 is 2.50 bits per heavy atom. The van der Waals surface area contributed by atoms with Crippen LogP contribution in [0.25, 0.3) is 0 Å². The first-order valence-corrected chi connectivity index (χ1v) is 4.17. The molecule has 1 aromatic carbocycles. The van der Waals surface area contributed by atoms with Gasteiger partial charge in [-0.1, -0.05) is 0 Å². The predicted octanol–water partition coefficient (Wildman–Crippen LogP) is 1.66. The predicted molar refractivity (Wildman–Crippen MR) is 53.8 cm³/mol. The molecule has 0 fully saturated rings. The molecular weight excluding hydrogens is 182 g/mol. The summed E-state index contributed by atoms with van der Waals surface area (Å²) in [5.74, 6) is 1.14. The average molecular weight is 195 g/mol. The van der Waals surface area contributed by atoms with E-state index in [1.165, 1.54) is 6.92 Å². The van der Waals surface area contributed by atoms with E-state index in [-0.39, 0.29) is 5.91 Å². The lowest BCUT2D eigenvalue weighted by atomic mass is 10.2. The number of hydrogen-bond acceptors (Lipinski definition) is 3. The van der Waals surface area contributed by atoms with E-state index in [4.69, 9.17) is 9.47 Å². The van der Waals surface area contributed by atoms with Crippen LogP contribution in [0.2, 0.25) is 0 Å². The van der Waals surface area contributed by atoms with Crippen molar-refractivity contribution in [1.82, 2.24) is 0 Å². The number of anilines is 1. The van der Waals surface area contributed by atoms with Crippen LogP contribution >= 0.6 is 0 Å². The van der Waals surface area contributed by atoms with Crippen molar-refractivity contribution < 1.29 is 14.3 Å². The van der Waals surface area contributed by atoms with Crippen molar-refractivity contribution in [2.75, 3.05) is 19.5 Å². The molecule has 0 aliphatic carbocycles. The van der Waals surface area contributed by atoms with Crippen LogP contribution in [-0.2, 0) is 4.79 Å². The Labute approximate surface area is 82.8 Å². The van der Waals surface area contributed by atoms with E-state index in [9.17, 15) is 4.79 Å². The van der Waals surface area contributed by atoms with E-state index in [0.29, 0.717) is 17.2 Å². The third-order valence-corrected chi connectivity index (χ3v) is 1.72. The summed E-state index contributed by atoms with van der Waals surface area (Å²) >= 11 is 0. The summed E-state index contributed by atoms with van der Waals surface area (Å²) in [6.07, 6.45) is 0. The Bertz CT molecular complexity index is 336. The molecule has 1 rings (SSSR count). The van der Waals surface area contributed by atoms with Gasteiger partial charge in [0, 0.05) is 13.0 Å². The van der Waals surface area contributed by atoms with Gasteiger partial charge in [-0.2, -0.15) is 0 Å². The van der Waals surface area contributed by atoms with E-state index < -0.39 is 0 Å². The zero-order chi connectivity index (χ0) is 10.6. The third kappa shape index (κ3) is 2.39. The summed E-state index contributed by atoms with van der Waals surface area (Å²) in [7, 11) is 3.12. The molecule has 4 heteroatoms. The molecule has 14 heavy (non-hydrogen) atoms. The van der Waals surface area contributed by atoms with Gasteiger partial charge in [0.05, 0.1) is 19.9 Å². The van der Waals surface area contributed by atoms with Crippen molar-refractivity contribution in [2.24, 2.45) is 0 Å². The van der Waals surface area contributed by atoms with Gasteiger partial charge in [0.25, 0.3) is 0 Å². The molecule has 0 aliphatic rings. The van der Waals surface area contributed by atoms with Crippen molar-refractivity contribution >= 4 is 11.6 Å². The second-order valence-corrected chi connectivity index (χ2v) is 2.75. The van der Waals surface area contributed by atoms with Crippen molar-refractivity contribution in [3.8, 4) is 11.5 Å². The van der Waals surface area contributed by atoms with Gasteiger partial charge in [-0.25, -0.2) is 0 Å². The van der Waals surface area contributed by atoms with Crippen LogP contribution in [0.5, 0.6) is 11.5 Å². The maximum Gasteiger partial charge on any atom is 0.221 e. The number of ether oxygens (including phenoxy) is 2. The van der Waals surface area contributed by atoms with E-state index in [2.05, 4.69) is 5.32 Å². The maximum atomic E-state index is 10.8. The molecule has 1 N–H and O–H groups in total. The molecule has 0 saturated heterocycles. The third-order valence-electron chi connectivity index (χ3n) is 1.72. The fourth-order valence-corrected chi connectivity index (χ4v) is 1.09. The Balaban J connectivity index is 2.98. The molecule has 0 saturated carbocycles. The second-order valence-electron chi connectivity index (χ2n) is 2.75. The lowest BCUT2D eigenvalue weighted by Crippen LogP contribution is -2.07. The largest absolute Gasteiger partial charge is 0.497 e. The minimum atomic E-state index is -0.131. The van der Waals surface area contributed by atoms with E-state index >= 15 is 0 Å². The zero-order valence-corrected chi connectivity index (χ0v) is 8.46. The SMILES string of the molecule is COc1ccc(NC(C)=O)c(OC)c1. The Hall–Kier alpha value is -1.71. The van der Waals surface area contributed by atoms with Gasteiger partial charge in [-0.15, -0.1) is 0 Å². The zero-order valence-electron chi connectivity index (χ0n) is 8.46. The molecule has 0 heterocycles. The van der Waals surface area contributed by atoms with Gasteiger partial charge in [0.1, 0.15) is 11.5 Å². The molecule has 0 unspecified atom stereocenters. The fourth-order valence-electron chi connectivity index (χ4n) is 1.09. The van der Waals surface area contributed by atoms with Crippen LogP contribution in [0.1, 0.15) is 6.92 Å². The Kier molecular flexibility index (Phi) is 3.34. The molecule has 0 spiro atoms. The molecule has 0 atom stereocenters. The van der Waals surface area contributed by atoms with Gasteiger partial charge < -0.3 is 14.8 Å². The van der Waals surface area contributed by atoms with E-state index in [1.54, 1.807) is 32.4 Å². The molecule has 1 aromatic rings. The summed E-state index contributed by atoms with van der Waals surface area (Å²) in [5, 5.41) is 2.66. The summed E-state index contributed by atoms with van der Waals surface area (Å²) in [6, 6.07) is 5.21. The molecule has 0 aromatic heterocycles. The minimum Gasteiger partial charge on any atom is -0.497 e. The topological polar surface area (TPSA) is 47.6 Å². The molecular formula is C10H13NO3. The number of amides is 1. The highest BCUT2D eigenvalue weighted by atomic mass is 16.5.